The van der Waals surface area contributed by atoms with Gasteiger partial charge in [0.15, 0.2) is 0 Å². The molecule has 0 amide bonds. The molecule has 106 valence electrons. The third kappa shape index (κ3) is 2.06. The predicted molar refractivity (Wildman–Crippen MR) is 81.3 cm³/mol. The average Bonchev–Trinajstić information content (AvgIpc) is 2.90. The Morgan fingerprint density at radius 2 is 1.75 bits per heavy atom. The molecule has 20 heavy (non-hydrogen) atoms. The van der Waals surface area contributed by atoms with Gasteiger partial charge in [-0.3, -0.25) is 0 Å². The number of aromatic nitrogens is 1. The Kier molecular flexibility index (Phi) is 2.97. The molecule has 5 heteroatoms. The van der Waals surface area contributed by atoms with Crippen LogP contribution in [0.25, 0.3) is 10.9 Å². The van der Waals surface area contributed by atoms with Crippen molar-refractivity contribution in [1.29, 1.82) is 0 Å². The van der Waals surface area contributed by atoms with Crippen LogP contribution in [-0.4, -0.2) is 23.3 Å². The van der Waals surface area contributed by atoms with Crippen molar-refractivity contribution in [3.8, 4) is 0 Å². The molecule has 0 bridgehead atoms. The van der Waals surface area contributed by atoms with Crippen LogP contribution in [0.3, 0.4) is 0 Å². The van der Waals surface area contributed by atoms with E-state index in [1.54, 1.807) is 0 Å². The van der Waals surface area contributed by atoms with Crippen molar-refractivity contribution in [3.05, 3.63) is 36.0 Å². The molecule has 3 N–H and O–H groups in total. The van der Waals surface area contributed by atoms with Crippen molar-refractivity contribution >= 4 is 18.0 Å². The Hall–Kier alpha value is -1.30. The second-order valence-corrected chi connectivity index (χ2v) is 6.47. The molecule has 0 saturated carbocycles. The van der Waals surface area contributed by atoms with Crippen LogP contribution in [0.5, 0.6) is 0 Å². The zero-order chi connectivity index (χ0) is 14.5. The van der Waals surface area contributed by atoms with Gasteiger partial charge < -0.3 is 20.0 Å². The van der Waals surface area contributed by atoms with Crippen LogP contribution in [0.1, 0.15) is 39.2 Å². The molecule has 1 atom stereocenters. The molecule has 1 aromatic heterocycles. The van der Waals surface area contributed by atoms with Crippen LogP contribution in [0.15, 0.2) is 30.5 Å². The summed E-state index contributed by atoms with van der Waals surface area (Å²) in [6.45, 7) is 8.14. The van der Waals surface area contributed by atoms with Gasteiger partial charge in [-0.1, -0.05) is 12.1 Å². The highest BCUT2D eigenvalue weighted by Crippen LogP contribution is 2.39. The molecule has 0 spiro atoms. The molecule has 2 heterocycles. The molecule has 3 rings (SSSR count). The Bertz CT molecular complexity index is 620. The lowest BCUT2D eigenvalue weighted by atomic mass is 9.75. The molecule has 1 aliphatic rings. The number of nitrogens with one attached hydrogen (secondary N) is 1. The normalized spacial score (nSPS) is 22.4. The zero-order valence-corrected chi connectivity index (χ0v) is 12.4. The number of aromatic amines is 1. The molecular formula is C15H21BN2O2. The van der Waals surface area contributed by atoms with Gasteiger partial charge >= 0.3 is 7.12 Å². The molecule has 1 fully saturated rings. The first kappa shape index (κ1) is 13.7. The smallest absolute Gasteiger partial charge is 0.402 e. The summed E-state index contributed by atoms with van der Waals surface area (Å²) < 4.78 is 12.0. The zero-order valence-electron chi connectivity index (χ0n) is 12.4. The number of hydrogen-bond donors (Lipinski definition) is 2. The van der Waals surface area contributed by atoms with E-state index in [9.17, 15) is 0 Å². The third-order valence-electron chi connectivity index (χ3n) is 4.53. The average molecular weight is 272 g/mol. The number of nitrogens with two attached hydrogens (primary N) is 1. The van der Waals surface area contributed by atoms with Gasteiger partial charge in [-0.05, 0) is 50.8 Å². The Morgan fingerprint density at radius 3 is 2.40 bits per heavy atom. The SMILES string of the molecule is CC1(C)OB([C@H](N)c2ccc3cc[nH]c3c2)OC1(C)C. The van der Waals surface area contributed by atoms with Crippen molar-refractivity contribution in [2.75, 3.05) is 0 Å². The van der Waals surface area contributed by atoms with Gasteiger partial charge in [0.25, 0.3) is 0 Å². The predicted octanol–water partition coefficient (Wildman–Crippen LogP) is 2.80. The summed E-state index contributed by atoms with van der Waals surface area (Å²) in [4.78, 5) is 3.20. The van der Waals surface area contributed by atoms with Gasteiger partial charge in [0.1, 0.15) is 0 Å². The lowest BCUT2D eigenvalue weighted by Crippen LogP contribution is -2.41. The first-order valence-electron chi connectivity index (χ1n) is 6.98. The van der Waals surface area contributed by atoms with Crippen LogP contribution >= 0.6 is 0 Å². The monoisotopic (exact) mass is 272 g/mol. The minimum atomic E-state index is -0.424. The van der Waals surface area contributed by atoms with Crippen LogP contribution in [0.2, 0.25) is 0 Å². The van der Waals surface area contributed by atoms with E-state index in [-0.39, 0.29) is 17.1 Å². The van der Waals surface area contributed by atoms with Crippen molar-refractivity contribution in [2.45, 2.75) is 44.8 Å². The van der Waals surface area contributed by atoms with E-state index in [0.717, 1.165) is 11.1 Å². The van der Waals surface area contributed by atoms with E-state index in [2.05, 4.69) is 17.1 Å². The molecule has 1 aliphatic heterocycles. The standard InChI is InChI=1S/C15H21BN2O2/c1-14(2)15(3,4)20-16(19-14)13(17)11-6-5-10-7-8-18-12(10)9-11/h5-9,13,18H,17H2,1-4H3/t13-/m1/s1. The minimum Gasteiger partial charge on any atom is -0.402 e. The Morgan fingerprint density at radius 1 is 1.10 bits per heavy atom. The fraction of sp³-hybridized carbons (Fsp3) is 0.467. The quantitative estimate of drug-likeness (QED) is 0.826. The van der Waals surface area contributed by atoms with Crippen LogP contribution in [0, 0.1) is 0 Å². The first-order valence-corrected chi connectivity index (χ1v) is 6.98. The van der Waals surface area contributed by atoms with E-state index in [1.165, 1.54) is 5.39 Å². The molecule has 2 aromatic rings. The van der Waals surface area contributed by atoms with Gasteiger partial charge in [0.2, 0.25) is 0 Å². The van der Waals surface area contributed by atoms with Crippen LogP contribution < -0.4 is 5.73 Å². The third-order valence-corrected chi connectivity index (χ3v) is 4.53. The van der Waals surface area contributed by atoms with Crippen molar-refractivity contribution in [1.82, 2.24) is 4.98 Å². The van der Waals surface area contributed by atoms with Crippen molar-refractivity contribution in [2.24, 2.45) is 5.73 Å². The Balaban J connectivity index is 1.87. The lowest BCUT2D eigenvalue weighted by molar-refractivity contribution is 0.00578. The Labute approximate surface area is 119 Å². The van der Waals surface area contributed by atoms with E-state index in [1.807, 2.05) is 46.0 Å². The molecule has 0 unspecified atom stereocenters. The van der Waals surface area contributed by atoms with Crippen LogP contribution in [-0.2, 0) is 9.31 Å². The summed E-state index contributed by atoms with van der Waals surface area (Å²) >= 11 is 0. The van der Waals surface area contributed by atoms with E-state index in [4.69, 9.17) is 15.0 Å². The maximum Gasteiger partial charge on any atom is 0.480 e. The number of hydrogen-bond acceptors (Lipinski definition) is 3. The van der Waals surface area contributed by atoms with Gasteiger partial charge in [0, 0.05) is 11.7 Å². The highest BCUT2D eigenvalue weighted by molar-refractivity contribution is 6.47. The van der Waals surface area contributed by atoms with E-state index >= 15 is 0 Å². The topological polar surface area (TPSA) is 60.3 Å². The summed E-state index contributed by atoms with van der Waals surface area (Å²) in [6.07, 6.45) is 1.93. The number of fused-ring (bicyclic) bond motifs is 1. The highest BCUT2D eigenvalue weighted by Gasteiger charge is 2.53. The molecule has 1 saturated heterocycles. The van der Waals surface area contributed by atoms with Crippen molar-refractivity contribution < 1.29 is 9.31 Å². The number of rotatable bonds is 2. The minimum absolute atomic E-state index is 0.302. The van der Waals surface area contributed by atoms with Gasteiger partial charge in [-0.2, -0.15) is 0 Å². The summed E-state index contributed by atoms with van der Waals surface area (Å²) in [7, 11) is -0.424. The number of benzene rings is 1. The van der Waals surface area contributed by atoms with E-state index < -0.39 is 7.12 Å². The maximum absolute atomic E-state index is 6.34. The second kappa shape index (κ2) is 4.35. The summed E-state index contributed by atoms with van der Waals surface area (Å²) in [5.74, 6) is -0.302. The summed E-state index contributed by atoms with van der Waals surface area (Å²) in [6, 6.07) is 8.20. The largest absolute Gasteiger partial charge is 0.480 e. The van der Waals surface area contributed by atoms with Crippen molar-refractivity contribution in [3.63, 3.8) is 0 Å². The maximum atomic E-state index is 6.34. The fourth-order valence-electron chi connectivity index (χ4n) is 2.47. The lowest BCUT2D eigenvalue weighted by Gasteiger charge is -2.32. The van der Waals surface area contributed by atoms with Crippen LogP contribution in [0.4, 0.5) is 0 Å². The molecule has 1 aromatic carbocycles. The second-order valence-electron chi connectivity index (χ2n) is 6.47. The molecular weight excluding hydrogens is 251 g/mol. The van der Waals surface area contributed by atoms with Gasteiger partial charge in [0.05, 0.1) is 17.1 Å². The fourth-order valence-corrected chi connectivity index (χ4v) is 2.47. The summed E-state index contributed by atoms with van der Waals surface area (Å²) in [5, 5.41) is 1.18. The number of H-pyrrole nitrogens is 1. The van der Waals surface area contributed by atoms with Gasteiger partial charge in [-0.15, -0.1) is 0 Å². The molecule has 0 radical (unpaired) electrons. The molecule has 4 nitrogen and oxygen atoms in total. The first-order chi connectivity index (χ1) is 9.30. The van der Waals surface area contributed by atoms with E-state index in [0.29, 0.717) is 0 Å². The summed E-state index contributed by atoms with van der Waals surface area (Å²) in [5.41, 5.74) is 7.72. The molecule has 0 aliphatic carbocycles. The highest BCUT2D eigenvalue weighted by atomic mass is 16.7. The van der Waals surface area contributed by atoms with Gasteiger partial charge in [-0.25, -0.2) is 0 Å².